The Morgan fingerprint density at radius 3 is 2.54 bits per heavy atom. The van der Waals surface area contributed by atoms with Crippen LogP contribution in [0, 0.1) is 5.82 Å². The van der Waals surface area contributed by atoms with E-state index in [2.05, 4.69) is 10.4 Å². The lowest BCUT2D eigenvalue weighted by Crippen LogP contribution is -2.31. The molecule has 28 heavy (non-hydrogen) atoms. The van der Waals surface area contributed by atoms with E-state index < -0.39 is 30.2 Å². The largest absolute Gasteiger partial charge is 0.493 e. The second-order valence-corrected chi connectivity index (χ2v) is 6.30. The highest BCUT2D eigenvalue weighted by atomic mass is 35.5. The molecule has 0 saturated heterocycles. The lowest BCUT2D eigenvalue weighted by atomic mass is 10.0. The number of rotatable bonds is 6. The number of halogens is 2. The van der Waals surface area contributed by atoms with Crippen LogP contribution in [0.1, 0.15) is 28.5 Å². The molecule has 0 unspecified atom stereocenters. The average Bonchev–Trinajstić information content (AvgIpc) is 3.03. The number of nitrogens with one attached hydrogen (secondary N) is 1. The number of benzene rings is 2. The number of carboxylic acids is 1. The standard InChI is InChI=1S/C19H15ClFN3O4/c20-12-6-2-4-8-16(12)24-17(25)9-15(23-24)19(28)22-14(10-18(26)27)11-5-1-3-7-13(11)21/h1-9,14,25H,10H2,(H,22,28)(H,26,27)/t14-/m0/s1. The van der Waals surface area contributed by atoms with Gasteiger partial charge in [-0.15, -0.1) is 0 Å². The van der Waals surface area contributed by atoms with Crippen molar-refractivity contribution in [3.63, 3.8) is 0 Å². The highest BCUT2D eigenvalue weighted by Crippen LogP contribution is 2.25. The summed E-state index contributed by atoms with van der Waals surface area (Å²) in [4.78, 5) is 23.7. The fourth-order valence-corrected chi connectivity index (χ4v) is 2.90. The molecule has 9 heteroatoms. The van der Waals surface area contributed by atoms with Gasteiger partial charge in [0.2, 0.25) is 5.88 Å². The monoisotopic (exact) mass is 403 g/mol. The maximum Gasteiger partial charge on any atom is 0.305 e. The fraction of sp³-hybridized carbons (Fsp3) is 0.105. The molecule has 0 aliphatic rings. The highest BCUT2D eigenvalue weighted by Gasteiger charge is 2.24. The van der Waals surface area contributed by atoms with Gasteiger partial charge in [-0.2, -0.15) is 9.78 Å². The van der Waals surface area contributed by atoms with Crippen LogP contribution in [0.15, 0.2) is 54.6 Å². The summed E-state index contributed by atoms with van der Waals surface area (Å²) in [5.41, 5.74) is 0.217. The predicted octanol–water partition coefficient (Wildman–Crippen LogP) is 3.32. The van der Waals surface area contributed by atoms with Gasteiger partial charge in [0.05, 0.1) is 23.2 Å². The second-order valence-electron chi connectivity index (χ2n) is 5.90. The van der Waals surface area contributed by atoms with Crippen LogP contribution in [0.3, 0.4) is 0 Å². The molecule has 0 spiro atoms. The van der Waals surface area contributed by atoms with E-state index in [1.165, 1.54) is 24.3 Å². The summed E-state index contributed by atoms with van der Waals surface area (Å²) >= 11 is 6.08. The van der Waals surface area contributed by atoms with Crippen molar-refractivity contribution in [1.29, 1.82) is 0 Å². The van der Waals surface area contributed by atoms with E-state index in [0.717, 1.165) is 10.7 Å². The van der Waals surface area contributed by atoms with Crippen molar-refractivity contribution in [2.24, 2.45) is 0 Å². The first-order valence-corrected chi connectivity index (χ1v) is 8.55. The Labute approximate surface area is 164 Å². The van der Waals surface area contributed by atoms with Gasteiger partial charge >= 0.3 is 5.97 Å². The third-order valence-corrected chi connectivity index (χ3v) is 4.29. The molecular weight excluding hydrogens is 389 g/mol. The van der Waals surface area contributed by atoms with Gasteiger partial charge in [-0.3, -0.25) is 9.59 Å². The number of aliphatic carboxylic acids is 1. The number of para-hydroxylation sites is 1. The van der Waals surface area contributed by atoms with Gasteiger partial charge in [-0.1, -0.05) is 41.9 Å². The molecule has 1 atom stereocenters. The minimum Gasteiger partial charge on any atom is -0.493 e. The van der Waals surface area contributed by atoms with E-state index in [9.17, 15) is 19.1 Å². The molecule has 7 nitrogen and oxygen atoms in total. The number of hydrogen-bond donors (Lipinski definition) is 3. The molecule has 0 bridgehead atoms. The number of aromatic hydroxyl groups is 1. The van der Waals surface area contributed by atoms with Crippen molar-refractivity contribution < 1.29 is 24.2 Å². The molecular formula is C19H15ClFN3O4. The van der Waals surface area contributed by atoms with Crippen LogP contribution in [0.25, 0.3) is 5.69 Å². The molecule has 0 fully saturated rings. The van der Waals surface area contributed by atoms with Crippen LogP contribution in [0.5, 0.6) is 5.88 Å². The van der Waals surface area contributed by atoms with Crippen molar-refractivity contribution in [2.45, 2.75) is 12.5 Å². The number of aromatic nitrogens is 2. The van der Waals surface area contributed by atoms with Crippen LogP contribution in [-0.4, -0.2) is 31.9 Å². The first-order valence-electron chi connectivity index (χ1n) is 8.18. The topological polar surface area (TPSA) is 104 Å². The lowest BCUT2D eigenvalue weighted by molar-refractivity contribution is -0.137. The molecule has 144 valence electrons. The number of carbonyl (C=O) groups excluding carboxylic acids is 1. The Morgan fingerprint density at radius 1 is 1.18 bits per heavy atom. The van der Waals surface area contributed by atoms with Gasteiger partial charge in [-0.25, -0.2) is 4.39 Å². The normalized spacial score (nSPS) is 11.8. The minimum atomic E-state index is -1.21. The number of carbonyl (C=O) groups is 2. The third-order valence-electron chi connectivity index (χ3n) is 3.97. The van der Waals surface area contributed by atoms with Gasteiger partial charge in [0, 0.05) is 11.6 Å². The zero-order valence-corrected chi connectivity index (χ0v) is 15.1. The van der Waals surface area contributed by atoms with Crippen LogP contribution in [0.2, 0.25) is 5.02 Å². The van der Waals surface area contributed by atoms with Crippen molar-refractivity contribution >= 4 is 23.5 Å². The SMILES string of the molecule is O=C(O)C[C@H](NC(=O)c1cc(O)n(-c2ccccc2Cl)n1)c1ccccc1F. The van der Waals surface area contributed by atoms with E-state index >= 15 is 0 Å². The summed E-state index contributed by atoms with van der Waals surface area (Å²) in [7, 11) is 0. The van der Waals surface area contributed by atoms with Crippen LogP contribution >= 0.6 is 11.6 Å². The third kappa shape index (κ3) is 4.12. The Bertz CT molecular complexity index is 1040. The quantitative estimate of drug-likeness (QED) is 0.585. The smallest absolute Gasteiger partial charge is 0.305 e. The molecule has 0 saturated carbocycles. The Balaban J connectivity index is 1.89. The number of hydrogen-bond acceptors (Lipinski definition) is 4. The summed E-state index contributed by atoms with van der Waals surface area (Å²) in [5, 5.41) is 26.0. The molecule has 0 aliphatic carbocycles. The Hall–Kier alpha value is -3.39. The van der Waals surface area contributed by atoms with Gasteiger partial charge in [0.15, 0.2) is 5.69 Å². The minimum absolute atomic E-state index is 0.0352. The van der Waals surface area contributed by atoms with Gasteiger partial charge in [-0.05, 0) is 18.2 Å². The predicted molar refractivity (Wildman–Crippen MR) is 99.1 cm³/mol. The molecule has 3 aromatic rings. The molecule has 1 amide bonds. The van der Waals surface area contributed by atoms with Crippen LogP contribution in [0.4, 0.5) is 4.39 Å². The average molecular weight is 404 g/mol. The van der Waals surface area contributed by atoms with Gasteiger partial charge in [0.25, 0.3) is 5.91 Å². The summed E-state index contributed by atoms with van der Waals surface area (Å²) in [5.74, 6) is -2.95. The Kier molecular flexibility index (Phi) is 5.60. The van der Waals surface area contributed by atoms with Gasteiger partial charge < -0.3 is 15.5 Å². The van der Waals surface area contributed by atoms with E-state index in [1.54, 1.807) is 24.3 Å². The van der Waals surface area contributed by atoms with Crippen molar-refractivity contribution in [3.8, 4) is 11.6 Å². The molecule has 0 radical (unpaired) electrons. The Morgan fingerprint density at radius 2 is 1.86 bits per heavy atom. The van der Waals surface area contributed by atoms with Gasteiger partial charge in [0.1, 0.15) is 5.82 Å². The zero-order valence-electron chi connectivity index (χ0n) is 14.3. The summed E-state index contributed by atoms with van der Waals surface area (Å²) < 4.78 is 15.1. The second kappa shape index (κ2) is 8.10. The summed E-state index contributed by atoms with van der Waals surface area (Å²) in [6, 6.07) is 12.1. The number of carboxylic acid groups (broad SMARTS) is 1. The fourth-order valence-electron chi connectivity index (χ4n) is 2.69. The maximum absolute atomic E-state index is 14.1. The molecule has 1 aromatic heterocycles. The van der Waals surface area contributed by atoms with E-state index in [0.29, 0.717) is 10.7 Å². The lowest BCUT2D eigenvalue weighted by Gasteiger charge is -2.17. The molecule has 1 heterocycles. The zero-order chi connectivity index (χ0) is 20.3. The van der Waals surface area contributed by atoms with E-state index in [1.807, 2.05) is 0 Å². The van der Waals surface area contributed by atoms with E-state index in [4.69, 9.17) is 16.7 Å². The van der Waals surface area contributed by atoms with Crippen LogP contribution < -0.4 is 5.32 Å². The summed E-state index contributed by atoms with van der Waals surface area (Å²) in [6.07, 6.45) is -0.524. The maximum atomic E-state index is 14.1. The van der Waals surface area contributed by atoms with Crippen molar-refractivity contribution in [3.05, 3.63) is 76.7 Å². The van der Waals surface area contributed by atoms with Crippen molar-refractivity contribution in [2.75, 3.05) is 0 Å². The molecule has 2 aromatic carbocycles. The van der Waals surface area contributed by atoms with Crippen LogP contribution in [-0.2, 0) is 4.79 Å². The first kappa shape index (κ1) is 19.4. The molecule has 0 aliphatic heterocycles. The first-order chi connectivity index (χ1) is 13.4. The number of nitrogens with zero attached hydrogens (tertiary/aromatic N) is 2. The molecule has 3 N–H and O–H groups in total. The summed E-state index contributed by atoms with van der Waals surface area (Å²) in [6.45, 7) is 0. The molecule has 3 rings (SSSR count). The van der Waals surface area contributed by atoms with Crippen molar-refractivity contribution in [1.82, 2.24) is 15.1 Å². The van der Waals surface area contributed by atoms with E-state index in [-0.39, 0.29) is 17.1 Å². The number of amides is 1. The highest BCUT2D eigenvalue weighted by molar-refractivity contribution is 6.32.